The summed E-state index contributed by atoms with van der Waals surface area (Å²) in [6.07, 6.45) is 7.83. The van der Waals surface area contributed by atoms with Gasteiger partial charge in [0.1, 0.15) is 11.7 Å². The summed E-state index contributed by atoms with van der Waals surface area (Å²) in [5.41, 5.74) is 3.99. The Kier molecular flexibility index (Phi) is 8.75. The van der Waals surface area contributed by atoms with Gasteiger partial charge in [0.25, 0.3) is 5.91 Å². The van der Waals surface area contributed by atoms with E-state index in [-0.39, 0.29) is 29.6 Å². The van der Waals surface area contributed by atoms with Crippen LogP contribution in [-0.2, 0) is 17.8 Å². The van der Waals surface area contributed by atoms with E-state index >= 15 is 0 Å². The Hall–Kier alpha value is -3.06. The summed E-state index contributed by atoms with van der Waals surface area (Å²) in [6, 6.07) is 12.5. The monoisotopic (exact) mass is 532 g/mol. The van der Waals surface area contributed by atoms with E-state index in [1.807, 2.05) is 0 Å². The second-order valence-corrected chi connectivity index (χ2v) is 11.8. The molecule has 2 fully saturated rings. The number of hydrogen-bond acceptors (Lipinski definition) is 3. The molecule has 5 rings (SSSR count). The van der Waals surface area contributed by atoms with E-state index in [4.69, 9.17) is 0 Å². The van der Waals surface area contributed by atoms with E-state index in [0.717, 1.165) is 56.8 Å². The molecule has 0 unspecified atom stereocenters. The van der Waals surface area contributed by atoms with E-state index in [1.165, 1.54) is 54.7 Å². The number of carbonyl (C=O) groups excluding carboxylic acids is 2. The largest absolute Gasteiger partial charge is 0.356 e. The van der Waals surface area contributed by atoms with Crippen LogP contribution in [0.2, 0.25) is 0 Å². The molecule has 1 saturated heterocycles. The van der Waals surface area contributed by atoms with Crippen LogP contribution in [0.4, 0.5) is 10.1 Å². The maximum absolute atomic E-state index is 13.4. The minimum absolute atomic E-state index is 0.0359. The Morgan fingerprint density at radius 1 is 1.00 bits per heavy atom. The van der Waals surface area contributed by atoms with Gasteiger partial charge >= 0.3 is 0 Å². The number of anilines is 1. The molecule has 2 heterocycles. The SMILES string of the molecule is CC(C)CNC(=O)C1CCC(N2C(=NC(=O)c3ccc(F)cc3)Cc3ccc(CN4CCCCC4)cc32)CC1. The van der Waals surface area contributed by atoms with Gasteiger partial charge in [-0.25, -0.2) is 4.39 Å². The number of piperidine rings is 1. The molecule has 0 spiro atoms. The van der Waals surface area contributed by atoms with Crippen LogP contribution < -0.4 is 10.2 Å². The zero-order chi connectivity index (χ0) is 27.4. The molecule has 2 amide bonds. The molecule has 0 radical (unpaired) electrons. The molecule has 1 saturated carbocycles. The maximum Gasteiger partial charge on any atom is 0.278 e. The van der Waals surface area contributed by atoms with Gasteiger partial charge in [0.05, 0.1) is 0 Å². The third-order valence-corrected chi connectivity index (χ3v) is 8.33. The highest BCUT2D eigenvalue weighted by Gasteiger charge is 2.36. The first-order valence-corrected chi connectivity index (χ1v) is 14.7. The molecule has 0 atom stereocenters. The molecule has 6 nitrogen and oxygen atoms in total. The number of halogens is 1. The minimum Gasteiger partial charge on any atom is -0.356 e. The quantitative estimate of drug-likeness (QED) is 0.494. The Labute approximate surface area is 231 Å². The number of likely N-dealkylation sites (tertiary alicyclic amines) is 1. The predicted octanol–water partition coefficient (Wildman–Crippen LogP) is 5.74. The summed E-state index contributed by atoms with van der Waals surface area (Å²) >= 11 is 0. The number of aliphatic imine (C=N–C) groups is 1. The average Bonchev–Trinajstić information content (AvgIpc) is 3.29. The van der Waals surface area contributed by atoms with Crippen molar-refractivity contribution in [3.05, 3.63) is 65.0 Å². The number of hydrogen-bond donors (Lipinski definition) is 1. The van der Waals surface area contributed by atoms with Crippen molar-refractivity contribution in [3.63, 3.8) is 0 Å². The fourth-order valence-corrected chi connectivity index (χ4v) is 6.17. The highest BCUT2D eigenvalue weighted by atomic mass is 19.1. The van der Waals surface area contributed by atoms with Crippen molar-refractivity contribution in [2.45, 2.75) is 77.8 Å². The van der Waals surface area contributed by atoms with Crippen molar-refractivity contribution in [2.75, 3.05) is 24.5 Å². The van der Waals surface area contributed by atoms with Crippen molar-refractivity contribution in [2.24, 2.45) is 16.8 Å². The third-order valence-electron chi connectivity index (χ3n) is 8.33. The third kappa shape index (κ3) is 6.75. The summed E-state index contributed by atoms with van der Waals surface area (Å²) in [5, 5.41) is 3.10. The molecular formula is C32H41FN4O2. The lowest BCUT2D eigenvalue weighted by molar-refractivity contribution is -0.126. The van der Waals surface area contributed by atoms with Gasteiger partial charge in [-0.15, -0.1) is 0 Å². The Balaban J connectivity index is 1.37. The van der Waals surface area contributed by atoms with Crippen molar-refractivity contribution < 1.29 is 14.0 Å². The van der Waals surface area contributed by atoms with E-state index in [2.05, 4.69) is 52.2 Å². The van der Waals surface area contributed by atoms with Crippen molar-refractivity contribution in [3.8, 4) is 0 Å². The van der Waals surface area contributed by atoms with E-state index < -0.39 is 0 Å². The van der Waals surface area contributed by atoms with Crippen LogP contribution in [0.5, 0.6) is 0 Å². The lowest BCUT2D eigenvalue weighted by atomic mass is 9.84. The first kappa shape index (κ1) is 27.5. The number of carbonyl (C=O) groups is 2. The lowest BCUT2D eigenvalue weighted by Crippen LogP contribution is -2.43. The average molecular weight is 533 g/mol. The molecule has 3 aliphatic rings. The molecular weight excluding hydrogens is 491 g/mol. The van der Waals surface area contributed by atoms with E-state index in [1.54, 1.807) is 0 Å². The number of fused-ring (bicyclic) bond motifs is 1. The van der Waals surface area contributed by atoms with Crippen molar-refractivity contribution in [1.29, 1.82) is 0 Å². The summed E-state index contributed by atoms with van der Waals surface area (Å²) < 4.78 is 13.4. The summed E-state index contributed by atoms with van der Waals surface area (Å²) in [7, 11) is 0. The van der Waals surface area contributed by atoms with Crippen molar-refractivity contribution >= 4 is 23.3 Å². The number of nitrogens with zero attached hydrogens (tertiary/aromatic N) is 3. The van der Waals surface area contributed by atoms with Gasteiger partial charge in [0.2, 0.25) is 5.91 Å². The fraction of sp³-hybridized carbons (Fsp3) is 0.531. The summed E-state index contributed by atoms with van der Waals surface area (Å²) in [5.74, 6) is 0.662. The zero-order valence-electron chi connectivity index (χ0n) is 23.3. The molecule has 39 heavy (non-hydrogen) atoms. The number of benzene rings is 2. The minimum atomic E-state index is -0.371. The van der Waals surface area contributed by atoms with Crippen LogP contribution in [0.1, 0.15) is 80.3 Å². The second kappa shape index (κ2) is 12.4. The normalized spacial score (nSPS) is 22.8. The molecule has 2 aromatic carbocycles. The number of nitrogens with one attached hydrogen (secondary N) is 1. The second-order valence-electron chi connectivity index (χ2n) is 11.8. The van der Waals surface area contributed by atoms with Crippen LogP contribution >= 0.6 is 0 Å². The molecule has 2 aliphatic heterocycles. The number of amides is 2. The Morgan fingerprint density at radius 2 is 1.72 bits per heavy atom. The predicted molar refractivity (Wildman–Crippen MR) is 154 cm³/mol. The Bertz CT molecular complexity index is 1200. The lowest BCUT2D eigenvalue weighted by Gasteiger charge is -2.36. The van der Waals surface area contributed by atoms with Crippen LogP contribution in [0.25, 0.3) is 0 Å². The van der Waals surface area contributed by atoms with Gasteiger partial charge in [-0.05, 0) is 99.0 Å². The standard InChI is InChI=1S/C32H41FN4O2/c1-22(2)20-34-31(38)24-10-14-28(15-11-24)37-29-18-23(21-36-16-4-3-5-17-36)6-7-26(29)19-30(37)35-32(39)25-8-12-27(33)13-9-25/h6-9,12-13,18,22,24,28H,3-5,10-11,14-17,19-21H2,1-2H3,(H,34,38). The molecule has 0 bridgehead atoms. The first-order chi connectivity index (χ1) is 18.9. The maximum atomic E-state index is 13.4. The highest BCUT2D eigenvalue weighted by Crippen LogP contribution is 2.38. The van der Waals surface area contributed by atoms with E-state index in [9.17, 15) is 14.0 Å². The van der Waals surface area contributed by atoms with Crippen LogP contribution in [0, 0.1) is 17.7 Å². The van der Waals surface area contributed by atoms with E-state index in [0.29, 0.717) is 24.4 Å². The fourth-order valence-electron chi connectivity index (χ4n) is 6.17. The van der Waals surface area contributed by atoms with Gasteiger partial charge in [-0.1, -0.05) is 32.4 Å². The highest BCUT2D eigenvalue weighted by molar-refractivity contribution is 6.12. The zero-order valence-corrected chi connectivity index (χ0v) is 23.3. The van der Waals surface area contributed by atoms with Crippen LogP contribution in [0.15, 0.2) is 47.5 Å². The smallest absolute Gasteiger partial charge is 0.278 e. The molecule has 7 heteroatoms. The molecule has 1 N–H and O–H groups in total. The number of rotatable bonds is 7. The molecule has 0 aromatic heterocycles. The van der Waals surface area contributed by atoms with Gasteiger partial charge < -0.3 is 10.2 Å². The van der Waals surface area contributed by atoms with Crippen LogP contribution in [0.3, 0.4) is 0 Å². The van der Waals surface area contributed by atoms with Crippen molar-refractivity contribution in [1.82, 2.24) is 10.2 Å². The topological polar surface area (TPSA) is 65.0 Å². The van der Waals surface area contributed by atoms with Gasteiger partial charge in [0.15, 0.2) is 0 Å². The molecule has 2 aromatic rings. The summed E-state index contributed by atoms with van der Waals surface area (Å²) in [4.78, 5) is 35.2. The Morgan fingerprint density at radius 3 is 2.41 bits per heavy atom. The van der Waals surface area contributed by atoms with Crippen LogP contribution in [-0.4, -0.2) is 48.2 Å². The number of amidine groups is 1. The first-order valence-electron chi connectivity index (χ1n) is 14.7. The summed E-state index contributed by atoms with van der Waals surface area (Å²) in [6.45, 7) is 8.14. The van der Waals surface area contributed by atoms with Gasteiger partial charge in [-0.3, -0.25) is 14.5 Å². The van der Waals surface area contributed by atoms with Gasteiger partial charge in [-0.2, -0.15) is 4.99 Å². The molecule has 1 aliphatic carbocycles. The van der Waals surface area contributed by atoms with Gasteiger partial charge in [0, 0.05) is 42.7 Å². The molecule has 208 valence electrons.